The molecule has 2 aliphatic rings. The summed E-state index contributed by atoms with van der Waals surface area (Å²) in [5.74, 6) is -1.28. The Balaban J connectivity index is 1.48. The van der Waals surface area contributed by atoms with Gasteiger partial charge in [0.1, 0.15) is 16.9 Å². The second-order valence-corrected chi connectivity index (χ2v) is 11.3. The van der Waals surface area contributed by atoms with E-state index in [1.807, 2.05) is 31.2 Å². The van der Waals surface area contributed by atoms with Gasteiger partial charge in [-0.3, -0.25) is 14.2 Å². The number of rotatable bonds is 9. The van der Waals surface area contributed by atoms with Crippen LogP contribution in [0.2, 0.25) is 0 Å². The van der Waals surface area contributed by atoms with Crippen LogP contribution in [0.15, 0.2) is 92.4 Å². The van der Waals surface area contributed by atoms with Crippen LogP contribution < -0.4 is 24.5 Å². The van der Waals surface area contributed by atoms with Crippen LogP contribution >= 0.6 is 11.3 Å². The van der Waals surface area contributed by atoms with Gasteiger partial charge in [0.15, 0.2) is 4.80 Å². The lowest BCUT2D eigenvalue weighted by atomic mass is 9.96. The van der Waals surface area contributed by atoms with Crippen LogP contribution in [0.1, 0.15) is 48.0 Å². The van der Waals surface area contributed by atoms with E-state index in [-0.39, 0.29) is 40.7 Å². The standard InChI is InChI=1S/C33H29N3O8S/c1-4-15-35-23-9-6-5-8-22(23)26(29(35)37)28-30(38)36-27(25(19(2)34-33(36)45-28)32(40)43-18-17-41-3)20-11-13-21(14-12-20)44-31(39)24-10-7-16-42-24/h5-14,16,27H,4,15,17-18H2,1-3H3/b28-26-/t27-/m0/s1. The van der Waals surface area contributed by atoms with Crippen molar-refractivity contribution in [1.29, 1.82) is 0 Å². The van der Waals surface area contributed by atoms with Gasteiger partial charge in [0.2, 0.25) is 5.76 Å². The first-order chi connectivity index (χ1) is 21.8. The molecule has 45 heavy (non-hydrogen) atoms. The zero-order valence-electron chi connectivity index (χ0n) is 24.8. The fourth-order valence-electron chi connectivity index (χ4n) is 5.46. The first kappa shape index (κ1) is 30.0. The molecule has 4 heterocycles. The summed E-state index contributed by atoms with van der Waals surface area (Å²) in [7, 11) is 1.50. The summed E-state index contributed by atoms with van der Waals surface area (Å²) >= 11 is 1.11. The van der Waals surface area contributed by atoms with Crippen LogP contribution in [0.25, 0.3) is 5.57 Å². The number of fused-ring (bicyclic) bond motifs is 2. The quantitative estimate of drug-likeness (QED) is 0.157. The van der Waals surface area contributed by atoms with Gasteiger partial charge in [0.25, 0.3) is 11.5 Å². The van der Waals surface area contributed by atoms with E-state index < -0.39 is 23.5 Å². The fraction of sp³-hybridized carbons (Fsp3) is 0.242. The van der Waals surface area contributed by atoms with Crippen LogP contribution in [-0.2, 0) is 19.1 Å². The average molecular weight is 628 g/mol. The van der Waals surface area contributed by atoms with E-state index >= 15 is 0 Å². The molecule has 0 fully saturated rings. The average Bonchev–Trinajstić information content (AvgIpc) is 3.75. The van der Waals surface area contributed by atoms with Crippen molar-refractivity contribution in [3.05, 3.63) is 115 Å². The third-order valence-corrected chi connectivity index (χ3v) is 8.52. The smallest absolute Gasteiger partial charge is 0.379 e. The summed E-state index contributed by atoms with van der Waals surface area (Å²) in [6.07, 6.45) is 2.12. The van der Waals surface area contributed by atoms with Gasteiger partial charge in [-0.05, 0) is 49.2 Å². The number of carbonyl (C=O) groups is 3. The maximum absolute atomic E-state index is 14.3. The lowest BCUT2D eigenvalue weighted by Gasteiger charge is -2.25. The zero-order chi connectivity index (χ0) is 31.7. The van der Waals surface area contributed by atoms with Crippen LogP contribution in [0.4, 0.5) is 5.69 Å². The molecule has 0 spiro atoms. The Bertz CT molecular complexity index is 2000. The summed E-state index contributed by atoms with van der Waals surface area (Å²) in [5, 5.41) is 0. The van der Waals surface area contributed by atoms with Crippen molar-refractivity contribution in [3.8, 4) is 5.75 Å². The number of benzene rings is 2. The van der Waals surface area contributed by atoms with Crippen molar-refractivity contribution in [2.75, 3.05) is 31.8 Å². The molecule has 1 atom stereocenters. The highest BCUT2D eigenvalue weighted by Crippen LogP contribution is 2.36. The second-order valence-electron chi connectivity index (χ2n) is 10.3. The summed E-state index contributed by atoms with van der Waals surface area (Å²) in [6.45, 7) is 4.37. The van der Waals surface area contributed by atoms with E-state index in [0.29, 0.717) is 33.7 Å². The Kier molecular flexibility index (Phi) is 8.33. The van der Waals surface area contributed by atoms with Crippen molar-refractivity contribution < 1.29 is 33.0 Å². The van der Waals surface area contributed by atoms with Gasteiger partial charge in [-0.15, -0.1) is 0 Å². The molecular formula is C33H29N3O8S. The number of ether oxygens (including phenoxy) is 3. The van der Waals surface area contributed by atoms with E-state index in [1.165, 1.54) is 24.0 Å². The molecule has 0 saturated carbocycles. The minimum atomic E-state index is -0.932. The van der Waals surface area contributed by atoms with Crippen LogP contribution in [0.5, 0.6) is 5.75 Å². The lowest BCUT2D eigenvalue weighted by Crippen LogP contribution is -2.41. The zero-order valence-corrected chi connectivity index (χ0v) is 25.6. The molecule has 1 amide bonds. The highest BCUT2D eigenvalue weighted by molar-refractivity contribution is 7.07. The number of hydrogen-bond acceptors (Lipinski definition) is 10. The lowest BCUT2D eigenvalue weighted by molar-refractivity contribution is -0.140. The molecular weight excluding hydrogens is 598 g/mol. The number of nitrogens with zero attached hydrogens (tertiary/aromatic N) is 3. The van der Waals surface area contributed by atoms with Crippen LogP contribution in [0.3, 0.4) is 0 Å². The number of furan rings is 1. The molecule has 0 unspecified atom stereocenters. The Labute approximate surface area is 261 Å². The number of amides is 1. The Morgan fingerprint density at radius 1 is 1.00 bits per heavy atom. The van der Waals surface area contributed by atoms with Gasteiger partial charge in [-0.1, -0.05) is 48.6 Å². The summed E-state index contributed by atoms with van der Waals surface area (Å²) < 4.78 is 22.7. The van der Waals surface area contributed by atoms with E-state index in [1.54, 1.807) is 42.2 Å². The Hall–Kier alpha value is -5.07. The summed E-state index contributed by atoms with van der Waals surface area (Å²) in [6, 6.07) is 16.0. The van der Waals surface area contributed by atoms with Gasteiger partial charge < -0.3 is 23.5 Å². The molecule has 0 aliphatic carbocycles. The molecule has 0 saturated heterocycles. The van der Waals surface area contributed by atoms with Crippen LogP contribution in [0, 0.1) is 0 Å². The Morgan fingerprint density at radius 3 is 2.49 bits per heavy atom. The molecule has 11 nitrogen and oxygen atoms in total. The first-order valence-electron chi connectivity index (χ1n) is 14.3. The number of esters is 2. The number of para-hydroxylation sites is 1. The van der Waals surface area contributed by atoms with Gasteiger partial charge in [-0.25, -0.2) is 14.6 Å². The van der Waals surface area contributed by atoms with Gasteiger partial charge >= 0.3 is 11.9 Å². The molecule has 6 rings (SSSR count). The molecule has 0 bridgehead atoms. The highest BCUT2D eigenvalue weighted by atomic mass is 32.1. The number of hydrogen-bond donors (Lipinski definition) is 0. The van der Waals surface area contributed by atoms with Gasteiger partial charge in [0.05, 0.1) is 41.4 Å². The molecule has 4 aromatic rings. The normalized spacial score (nSPS) is 16.7. The van der Waals surface area contributed by atoms with E-state index in [0.717, 1.165) is 23.4 Å². The minimum absolute atomic E-state index is 0.00756. The summed E-state index contributed by atoms with van der Waals surface area (Å²) in [5.41, 5.74) is 2.37. The monoisotopic (exact) mass is 627 g/mol. The number of allylic oxidation sites excluding steroid dienone is 1. The molecule has 2 aliphatic heterocycles. The molecule has 230 valence electrons. The number of aromatic nitrogens is 1. The van der Waals surface area contributed by atoms with Crippen molar-refractivity contribution >= 4 is 40.4 Å². The molecule has 0 radical (unpaired) electrons. The highest BCUT2D eigenvalue weighted by Gasteiger charge is 2.37. The van der Waals surface area contributed by atoms with Crippen molar-refractivity contribution in [2.24, 2.45) is 4.99 Å². The van der Waals surface area contributed by atoms with E-state index in [2.05, 4.69) is 4.99 Å². The topological polar surface area (TPSA) is 130 Å². The number of carbonyl (C=O) groups excluding carboxylic acids is 3. The number of anilines is 1. The molecule has 12 heteroatoms. The third-order valence-electron chi connectivity index (χ3n) is 7.46. The Morgan fingerprint density at radius 2 is 1.78 bits per heavy atom. The number of thiazole rings is 1. The second kappa shape index (κ2) is 12.5. The molecule has 2 aromatic carbocycles. The SMILES string of the molecule is CCCN1C(=O)/C(=c2\sc3n(c2=O)[C@@H](c2ccc(OC(=O)c4ccco4)cc2)C(C(=O)OCCOC)=C(C)N=3)c2ccccc21. The predicted molar refractivity (Wildman–Crippen MR) is 165 cm³/mol. The predicted octanol–water partition coefficient (Wildman–Crippen LogP) is 3.36. The van der Waals surface area contributed by atoms with Crippen molar-refractivity contribution in [1.82, 2.24) is 4.57 Å². The minimum Gasteiger partial charge on any atom is -0.460 e. The van der Waals surface area contributed by atoms with Crippen LogP contribution in [-0.4, -0.2) is 49.3 Å². The maximum Gasteiger partial charge on any atom is 0.379 e. The largest absolute Gasteiger partial charge is 0.460 e. The van der Waals surface area contributed by atoms with Crippen molar-refractivity contribution in [2.45, 2.75) is 26.3 Å². The number of methoxy groups -OCH3 is 1. The van der Waals surface area contributed by atoms with E-state index in [4.69, 9.17) is 18.6 Å². The third kappa shape index (κ3) is 5.42. The molecule has 2 aromatic heterocycles. The van der Waals surface area contributed by atoms with E-state index in [9.17, 15) is 19.2 Å². The maximum atomic E-state index is 14.3. The molecule has 0 N–H and O–H groups in total. The van der Waals surface area contributed by atoms with Gasteiger partial charge in [-0.2, -0.15) is 0 Å². The fourth-order valence-corrected chi connectivity index (χ4v) is 6.60. The van der Waals surface area contributed by atoms with Gasteiger partial charge in [0, 0.05) is 19.2 Å². The van der Waals surface area contributed by atoms with Crippen molar-refractivity contribution in [3.63, 3.8) is 0 Å². The summed E-state index contributed by atoms with van der Waals surface area (Å²) in [4.78, 5) is 60.6. The first-order valence-corrected chi connectivity index (χ1v) is 15.1.